The highest BCUT2D eigenvalue weighted by atomic mass is 19.1. The number of fused-ring (bicyclic) bond motifs is 1. The van der Waals surface area contributed by atoms with Crippen LogP contribution in [0, 0.1) is 62.5 Å². The van der Waals surface area contributed by atoms with Gasteiger partial charge in [0.25, 0.3) is 0 Å². The van der Waals surface area contributed by atoms with Crippen molar-refractivity contribution >= 4 is 5.71 Å². The van der Waals surface area contributed by atoms with Crippen molar-refractivity contribution in [2.24, 2.45) is 17.3 Å². The molecule has 1 saturated carbocycles. The van der Waals surface area contributed by atoms with Crippen LogP contribution in [0.1, 0.15) is 24.8 Å². The summed E-state index contributed by atoms with van der Waals surface area (Å²) in [6.07, 6.45) is 2.87. The summed E-state index contributed by atoms with van der Waals surface area (Å²) in [4.78, 5) is 2.19. The number of benzene rings is 1. The van der Waals surface area contributed by atoms with E-state index in [1.807, 2.05) is 18.2 Å². The van der Waals surface area contributed by atoms with E-state index in [1.54, 1.807) is 18.2 Å². The molecule has 6 heteroatoms. The second-order valence-electron chi connectivity index (χ2n) is 7.08. The predicted molar refractivity (Wildman–Crippen MR) is 97.9 cm³/mol. The van der Waals surface area contributed by atoms with Crippen molar-refractivity contribution in [1.82, 2.24) is 4.90 Å². The molecule has 136 valence electrons. The predicted octanol–water partition coefficient (Wildman–Crippen LogP) is 3.38. The molecule has 1 aliphatic heterocycles. The number of nitrogens with zero attached hydrogens (tertiary/aromatic N) is 4. The maximum atomic E-state index is 14.7. The topological polar surface area (TPSA) is 98.5 Å². The maximum absolute atomic E-state index is 14.7. The highest BCUT2D eigenvalue weighted by Crippen LogP contribution is 2.53. The molecule has 1 fully saturated rings. The van der Waals surface area contributed by atoms with E-state index in [-0.39, 0.29) is 17.2 Å². The molecule has 0 radical (unpaired) electrons. The average Bonchev–Trinajstić information content (AvgIpc) is 2.68. The maximum Gasteiger partial charge on any atom is 0.189 e. The summed E-state index contributed by atoms with van der Waals surface area (Å²) in [5.41, 5.74) is -1.10. The standard InChI is InChI=1S/C21H20FN5/c1-2-8-27-9-7-14-16(10-23)20(26)21(12-24,13-25)19(17(14)11-27)15-5-3-4-6-18(15)22/h3-7,16-17,19,26H,2,8-9,11H2,1H3/t16?,17-,19+/m1/s1. The molecule has 1 aromatic rings. The number of nitriles is 3. The minimum atomic E-state index is -1.86. The summed E-state index contributed by atoms with van der Waals surface area (Å²) < 4.78 is 14.7. The summed E-state index contributed by atoms with van der Waals surface area (Å²) >= 11 is 0. The minimum absolute atomic E-state index is 0.241. The molecule has 1 heterocycles. The van der Waals surface area contributed by atoms with Gasteiger partial charge in [0.2, 0.25) is 0 Å². The average molecular weight is 361 g/mol. The Morgan fingerprint density at radius 2 is 1.96 bits per heavy atom. The second-order valence-corrected chi connectivity index (χ2v) is 7.08. The summed E-state index contributed by atoms with van der Waals surface area (Å²) in [6.45, 7) is 4.10. The van der Waals surface area contributed by atoms with Crippen LogP contribution >= 0.6 is 0 Å². The van der Waals surface area contributed by atoms with Crippen LogP contribution in [0.2, 0.25) is 0 Å². The van der Waals surface area contributed by atoms with E-state index < -0.39 is 23.1 Å². The fourth-order valence-electron chi connectivity index (χ4n) is 4.44. The molecule has 27 heavy (non-hydrogen) atoms. The molecule has 0 saturated heterocycles. The van der Waals surface area contributed by atoms with Crippen molar-refractivity contribution in [3.05, 3.63) is 47.3 Å². The van der Waals surface area contributed by atoms with Crippen LogP contribution in [0.4, 0.5) is 4.39 Å². The van der Waals surface area contributed by atoms with Gasteiger partial charge in [0.05, 0.1) is 23.9 Å². The third-order valence-electron chi connectivity index (χ3n) is 5.65. The van der Waals surface area contributed by atoms with Gasteiger partial charge in [-0.25, -0.2) is 4.39 Å². The Hall–Kier alpha value is -3.01. The van der Waals surface area contributed by atoms with E-state index >= 15 is 0 Å². The second kappa shape index (κ2) is 7.31. The first-order valence-electron chi connectivity index (χ1n) is 9.01. The summed E-state index contributed by atoms with van der Waals surface area (Å²) in [6, 6.07) is 12.2. The van der Waals surface area contributed by atoms with Gasteiger partial charge in [-0.2, -0.15) is 15.8 Å². The van der Waals surface area contributed by atoms with Crippen LogP contribution in [0.3, 0.4) is 0 Å². The van der Waals surface area contributed by atoms with Crippen molar-refractivity contribution in [3.8, 4) is 18.2 Å². The molecule has 2 aliphatic rings. The van der Waals surface area contributed by atoms with Crippen molar-refractivity contribution in [2.45, 2.75) is 19.3 Å². The normalized spacial score (nSPS) is 26.9. The molecular formula is C21H20FN5. The fourth-order valence-corrected chi connectivity index (χ4v) is 4.44. The number of rotatable bonds is 3. The zero-order chi connectivity index (χ0) is 19.6. The van der Waals surface area contributed by atoms with Gasteiger partial charge in [0.15, 0.2) is 5.41 Å². The molecule has 1 aromatic carbocycles. The molecule has 1 unspecified atom stereocenters. The lowest BCUT2D eigenvalue weighted by Gasteiger charge is -2.47. The Morgan fingerprint density at radius 1 is 1.26 bits per heavy atom. The van der Waals surface area contributed by atoms with E-state index in [9.17, 15) is 20.2 Å². The Morgan fingerprint density at radius 3 is 2.56 bits per heavy atom. The third kappa shape index (κ3) is 2.81. The van der Waals surface area contributed by atoms with Gasteiger partial charge in [-0.15, -0.1) is 0 Å². The minimum Gasteiger partial charge on any atom is -0.305 e. The molecule has 0 spiro atoms. The molecular weight excluding hydrogens is 341 g/mol. The van der Waals surface area contributed by atoms with Gasteiger partial charge in [0, 0.05) is 24.9 Å². The van der Waals surface area contributed by atoms with Gasteiger partial charge in [0.1, 0.15) is 11.7 Å². The lowest BCUT2D eigenvalue weighted by atomic mass is 9.54. The highest BCUT2D eigenvalue weighted by Gasteiger charge is 2.58. The molecule has 0 aromatic heterocycles. The molecule has 1 aliphatic carbocycles. The first-order valence-corrected chi connectivity index (χ1v) is 9.01. The van der Waals surface area contributed by atoms with Crippen LogP contribution in [0.25, 0.3) is 0 Å². The van der Waals surface area contributed by atoms with Crippen LogP contribution in [0.15, 0.2) is 35.9 Å². The Bertz CT molecular complexity index is 900. The van der Waals surface area contributed by atoms with Gasteiger partial charge in [-0.1, -0.05) is 31.2 Å². The van der Waals surface area contributed by atoms with Crippen LogP contribution < -0.4 is 0 Å². The van der Waals surface area contributed by atoms with Gasteiger partial charge in [-0.05, 0) is 30.2 Å². The SMILES string of the molecule is CCCN1CC=C2C(C#N)C(=N)C(C#N)(C#N)[C@@H](c3ccccc3F)[C@@H]2C1. The summed E-state index contributed by atoms with van der Waals surface area (Å²) in [5.74, 6) is -2.59. The number of halogens is 1. The number of hydrogen-bond donors (Lipinski definition) is 1. The Labute approximate surface area is 158 Å². The lowest BCUT2D eigenvalue weighted by Crippen LogP contribution is -2.53. The molecule has 3 rings (SSSR count). The van der Waals surface area contributed by atoms with Gasteiger partial charge < -0.3 is 5.41 Å². The van der Waals surface area contributed by atoms with Gasteiger partial charge in [-0.3, -0.25) is 4.90 Å². The molecule has 0 amide bonds. The molecule has 5 nitrogen and oxygen atoms in total. The van der Waals surface area contributed by atoms with Gasteiger partial charge >= 0.3 is 0 Å². The fraction of sp³-hybridized carbons (Fsp3) is 0.429. The quantitative estimate of drug-likeness (QED) is 0.834. The largest absolute Gasteiger partial charge is 0.305 e. The zero-order valence-corrected chi connectivity index (χ0v) is 15.1. The van der Waals surface area contributed by atoms with Crippen LogP contribution in [-0.2, 0) is 0 Å². The van der Waals surface area contributed by atoms with Crippen LogP contribution in [-0.4, -0.2) is 30.2 Å². The molecule has 1 N–H and O–H groups in total. The Balaban J connectivity index is 2.24. The number of nitrogens with one attached hydrogen (secondary N) is 1. The van der Waals surface area contributed by atoms with E-state index in [0.29, 0.717) is 13.1 Å². The first kappa shape index (κ1) is 18.8. The van der Waals surface area contributed by atoms with Crippen LogP contribution in [0.5, 0.6) is 0 Å². The van der Waals surface area contributed by atoms with Crippen molar-refractivity contribution in [2.75, 3.05) is 19.6 Å². The lowest BCUT2D eigenvalue weighted by molar-refractivity contribution is 0.202. The summed E-state index contributed by atoms with van der Waals surface area (Å²) in [7, 11) is 0. The van der Waals surface area contributed by atoms with Crippen molar-refractivity contribution in [3.63, 3.8) is 0 Å². The van der Waals surface area contributed by atoms with Crippen molar-refractivity contribution < 1.29 is 4.39 Å². The third-order valence-corrected chi connectivity index (χ3v) is 5.65. The van der Waals surface area contributed by atoms with E-state index in [4.69, 9.17) is 5.41 Å². The number of hydrogen-bond acceptors (Lipinski definition) is 5. The Kier molecular flexibility index (Phi) is 5.08. The first-order chi connectivity index (χ1) is 13.0. The van der Waals surface area contributed by atoms with Crippen molar-refractivity contribution in [1.29, 1.82) is 21.2 Å². The van der Waals surface area contributed by atoms with E-state index in [0.717, 1.165) is 18.5 Å². The highest BCUT2D eigenvalue weighted by molar-refractivity contribution is 6.00. The summed E-state index contributed by atoms with van der Waals surface area (Å²) in [5, 5.41) is 38.0. The van der Waals surface area contributed by atoms with E-state index in [2.05, 4.69) is 17.9 Å². The molecule has 0 bridgehead atoms. The zero-order valence-electron chi connectivity index (χ0n) is 15.1. The smallest absolute Gasteiger partial charge is 0.189 e. The molecule has 3 atom stereocenters. The monoisotopic (exact) mass is 361 g/mol. The van der Waals surface area contributed by atoms with E-state index in [1.165, 1.54) is 6.07 Å².